The number of anilines is 1. The third kappa shape index (κ3) is 5.63. The highest BCUT2D eigenvalue weighted by molar-refractivity contribution is 7.15. The van der Waals surface area contributed by atoms with Crippen molar-refractivity contribution in [2.45, 2.75) is 58.9 Å². The first-order chi connectivity index (χ1) is 19.8. The molecule has 6 rings (SSSR count). The van der Waals surface area contributed by atoms with Crippen LogP contribution in [0.25, 0.3) is 16.4 Å². The van der Waals surface area contributed by atoms with Crippen LogP contribution in [0.5, 0.6) is 0 Å². The summed E-state index contributed by atoms with van der Waals surface area (Å²) in [6, 6.07) is 14.7. The Morgan fingerprint density at radius 3 is 2.51 bits per heavy atom. The Morgan fingerprint density at radius 2 is 1.83 bits per heavy atom. The van der Waals surface area contributed by atoms with E-state index in [0.29, 0.717) is 35.8 Å². The lowest BCUT2D eigenvalue weighted by molar-refractivity contribution is -0.133. The molecule has 2 fully saturated rings. The third-order valence-corrected chi connectivity index (χ3v) is 9.40. The number of aromatic nitrogens is 3. The number of carboxylic acid groups (broad SMARTS) is 1. The number of benzene rings is 1. The number of hydrogen-bond acceptors (Lipinski definition) is 6. The molecule has 2 N–H and O–H groups in total. The van der Waals surface area contributed by atoms with Crippen molar-refractivity contribution in [3.63, 3.8) is 0 Å². The number of hydrogen-bond donors (Lipinski definition) is 2. The number of amides is 1. The van der Waals surface area contributed by atoms with Gasteiger partial charge in [-0.05, 0) is 93.3 Å². The first-order valence-electron chi connectivity index (χ1n) is 14.3. The van der Waals surface area contributed by atoms with Crippen molar-refractivity contribution in [1.82, 2.24) is 19.7 Å². The minimum atomic E-state index is -0.999. The summed E-state index contributed by atoms with van der Waals surface area (Å²) in [7, 11) is 0. The Bertz CT molecular complexity index is 1610. The Hall–Kier alpha value is -3.98. The lowest BCUT2D eigenvalue weighted by Gasteiger charge is -2.32. The maximum atomic E-state index is 12.4. The molecule has 0 atom stereocenters. The zero-order chi connectivity index (χ0) is 28.7. The molecule has 8 nitrogen and oxygen atoms in total. The van der Waals surface area contributed by atoms with Crippen LogP contribution in [0.1, 0.15) is 69.2 Å². The van der Waals surface area contributed by atoms with Crippen LogP contribution in [0.3, 0.4) is 0 Å². The van der Waals surface area contributed by atoms with Crippen molar-refractivity contribution in [1.29, 1.82) is 0 Å². The van der Waals surface area contributed by atoms with Crippen molar-refractivity contribution in [3.8, 4) is 16.4 Å². The first kappa shape index (κ1) is 27.2. The van der Waals surface area contributed by atoms with E-state index in [2.05, 4.69) is 53.4 Å². The average Bonchev–Trinajstić information content (AvgIpc) is 3.65. The lowest BCUT2D eigenvalue weighted by Crippen LogP contribution is -2.38. The maximum Gasteiger partial charge on any atom is 0.339 e. The van der Waals surface area contributed by atoms with E-state index in [9.17, 15) is 14.7 Å². The van der Waals surface area contributed by atoms with Gasteiger partial charge in [-0.25, -0.2) is 14.5 Å². The molecule has 0 unspecified atom stereocenters. The van der Waals surface area contributed by atoms with Gasteiger partial charge in [0.1, 0.15) is 5.56 Å². The molecule has 4 heterocycles. The second-order valence-electron chi connectivity index (χ2n) is 11.3. The highest BCUT2D eigenvalue weighted by Crippen LogP contribution is 2.36. The number of piperidine rings is 1. The van der Waals surface area contributed by atoms with E-state index in [1.54, 1.807) is 22.9 Å². The monoisotopic (exact) mass is 569 g/mol. The number of rotatable bonds is 8. The van der Waals surface area contributed by atoms with Gasteiger partial charge < -0.3 is 15.3 Å². The fourth-order valence-electron chi connectivity index (χ4n) is 5.78. The highest BCUT2D eigenvalue weighted by Gasteiger charge is 2.35. The molecule has 0 radical (unpaired) electrons. The Balaban J connectivity index is 1.15. The van der Waals surface area contributed by atoms with Crippen molar-refractivity contribution in [2.24, 2.45) is 5.92 Å². The van der Waals surface area contributed by atoms with Crippen molar-refractivity contribution < 1.29 is 14.7 Å². The summed E-state index contributed by atoms with van der Waals surface area (Å²) in [5, 5.41) is 17.3. The highest BCUT2D eigenvalue weighted by atomic mass is 32.1. The molecule has 1 saturated carbocycles. The molecule has 41 heavy (non-hydrogen) atoms. The molecule has 1 aliphatic heterocycles. The summed E-state index contributed by atoms with van der Waals surface area (Å²) in [6.45, 7) is 8.39. The van der Waals surface area contributed by atoms with Gasteiger partial charge in [-0.3, -0.25) is 4.79 Å². The molecule has 0 spiro atoms. The molecular formula is C32H35N5O3S. The molecule has 1 saturated heterocycles. The number of carbonyl (C=O) groups is 2. The van der Waals surface area contributed by atoms with Crippen LogP contribution in [0, 0.1) is 26.7 Å². The molecule has 2 aliphatic rings. The van der Waals surface area contributed by atoms with E-state index < -0.39 is 5.97 Å². The van der Waals surface area contributed by atoms with Crippen LogP contribution < -0.4 is 5.32 Å². The quantitative estimate of drug-likeness (QED) is 0.257. The van der Waals surface area contributed by atoms with Crippen LogP contribution in [0.15, 0.2) is 48.7 Å². The number of pyridine rings is 1. The van der Waals surface area contributed by atoms with Gasteiger partial charge in [0.25, 0.3) is 0 Å². The van der Waals surface area contributed by atoms with Gasteiger partial charge in [-0.1, -0.05) is 18.2 Å². The maximum absolute atomic E-state index is 12.4. The molecule has 1 amide bonds. The summed E-state index contributed by atoms with van der Waals surface area (Å²) in [4.78, 5) is 33.1. The fourth-order valence-corrected chi connectivity index (χ4v) is 6.79. The van der Waals surface area contributed by atoms with Crippen molar-refractivity contribution in [2.75, 3.05) is 18.4 Å². The largest absolute Gasteiger partial charge is 0.478 e. The smallest absolute Gasteiger partial charge is 0.339 e. The Labute approximate surface area is 244 Å². The van der Waals surface area contributed by atoms with E-state index in [1.165, 1.54) is 22.2 Å². The second-order valence-corrected chi connectivity index (χ2v) is 12.5. The fraction of sp³-hybridized carbons (Fsp3) is 0.375. The second kappa shape index (κ2) is 11.1. The molecule has 0 bridgehead atoms. The summed E-state index contributed by atoms with van der Waals surface area (Å²) in [5.41, 5.74) is 6.40. The average molecular weight is 570 g/mol. The zero-order valence-electron chi connectivity index (χ0n) is 23.7. The van der Waals surface area contributed by atoms with Crippen LogP contribution in [0.4, 0.5) is 5.69 Å². The number of nitrogens with one attached hydrogen (secondary N) is 1. The standard InChI is InChI=1S/C32H35N5O3S/c1-19-15-24(22-11-13-36(14-12-22)31(38)23-7-8-23)9-10-27(19)33-17-25-16-20(2)41-30(25)28-5-4-6-29(35-28)37-21(3)26(18-34-37)32(39)40/h4-6,9-10,15-16,18,22-23,33H,7-8,11-14,17H2,1-3H3,(H,39,40). The predicted molar refractivity (Wildman–Crippen MR) is 161 cm³/mol. The number of carbonyl (C=O) groups excluding carboxylic acids is 1. The normalized spacial score (nSPS) is 15.7. The molecule has 1 aromatic carbocycles. The van der Waals surface area contributed by atoms with E-state index in [1.807, 2.05) is 18.2 Å². The van der Waals surface area contributed by atoms with E-state index in [0.717, 1.165) is 60.6 Å². The summed E-state index contributed by atoms with van der Waals surface area (Å²) in [6.07, 6.45) is 5.57. The molecule has 4 aromatic rings. The molecule has 212 valence electrons. The molecule has 9 heteroatoms. The Morgan fingerprint density at radius 1 is 1.05 bits per heavy atom. The number of likely N-dealkylation sites (tertiary alicyclic amines) is 1. The molecule has 3 aromatic heterocycles. The number of nitrogens with zero attached hydrogens (tertiary/aromatic N) is 4. The summed E-state index contributed by atoms with van der Waals surface area (Å²) < 4.78 is 1.57. The topological polar surface area (TPSA) is 100 Å². The van der Waals surface area contributed by atoms with Gasteiger partial charge in [-0.2, -0.15) is 5.10 Å². The Kier molecular flexibility index (Phi) is 7.38. The van der Waals surface area contributed by atoms with Gasteiger partial charge in [0, 0.05) is 36.1 Å². The number of carboxylic acids is 1. The minimum Gasteiger partial charge on any atom is -0.478 e. The number of thiophene rings is 1. The van der Waals surface area contributed by atoms with Gasteiger partial charge in [0.2, 0.25) is 5.91 Å². The van der Waals surface area contributed by atoms with E-state index in [-0.39, 0.29) is 5.56 Å². The van der Waals surface area contributed by atoms with Crippen LogP contribution in [0.2, 0.25) is 0 Å². The lowest BCUT2D eigenvalue weighted by atomic mass is 9.88. The van der Waals surface area contributed by atoms with Gasteiger partial charge in [0.05, 0.1) is 22.5 Å². The van der Waals surface area contributed by atoms with Crippen molar-refractivity contribution in [3.05, 3.63) is 81.5 Å². The van der Waals surface area contributed by atoms with Gasteiger partial charge in [-0.15, -0.1) is 11.3 Å². The summed E-state index contributed by atoms with van der Waals surface area (Å²) in [5.74, 6) is 0.764. The minimum absolute atomic E-state index is 0.171. The zero-order valence-corrected chi connectivity index (χ0v) is 24.5. The third-order valence-electron chi connectivity index (χ3n) is 8.28. The van der Waals surface area contributed by atoms with Crippen LogP contribution >= 0.6 is 11.3 Å². The first-order valence-corrected chi connectivity index (χ1v) is 15.1. The van der Waals surface area contributed by atoms with Crippen molar-refractivity contribution >= 4 is 28.9 Å². The molecule has 1 aliphatic carbocycles. The van der Waals surface area contributed by atoms with E-state index >= 15 is 0 Å². The van der Waals surface area contributed by atoms with Gasteiger partial charge >= 0.3 is 5.97 Å². The SMILES string of the molecule is Cc1cc(CNc2ccc(C3CCN(C(=O)C4CC4)CC3)cc2C)c(-c2cccc(-n3ncc(C(=O)O)c3C)n2)s1. The predicted octanol–water partition coefficient (Wildman–Crippen LogP) is 6.35. The summed E-state index contributed by atoms with van der Waals surface area (Å²) >= 11 is 1.70. The van der Waals surface area contributed by atoms with E-state index in [4.69, 9.17) is 4.98 Å². The number of aromatic carboxylic acids is 1. The van der Waals surface area contributed by atoms with Crippen LogP contribution in [-0.4, -0.2) is 49.7 Å². The van der Waals surface area contributed by atoms with Crippen LogP contribution in [-0.2, 0) is 11.3 Å². The molecular weight excluding hydrogens is 534 g/mol. The number of aryl methyl sites for hydroxylation is 2. The van der Waals surface area contributed by atoms with Gasteiger partial charge in [0.15, 0.2) is 5.82 Å².